The van der Waals surface area contributed by atoms with Crippen molar-refractivity contribution in [3.8, 4) is 0 Å². The zero-order chi connectivity index (χ0) is 17.8. The van der Waals surface area contributed by atoms with Crippen molar-refractivity contribution in [3.05, 3.63) is 56.8 Å². The molecule has 25 heavy (non-hydrogen) atoms. The van der Waals surface area contributed by atoms with Crippen LogP contribution in [0.25, 0.3) is 0 Å². The Morgan fingerprint density at radius 3 is 2.68 bits per heavy atom. The molecule has 1 atom stereocenters. The van der Waals surface area contributed by atoms with E-state index in [9.17, 15) is 18.7 Å². The summed E-state index contributed by atoms with van der Waals surface area (Å²) in [6.07, 6.45) is 5.55. The summed E-state index contributed by atoms with van der Waals surface area (Å²) in [5, 5.41) is 12.7. The van der Waals surface area contributed by atoms with Crippen LogP contribution < -0.4 is 5.32 Å². The fourth-order valence-electron chi connectivity index (χ4n) is 3.11. The topological polar surface area (TPSA) is 49.3 Å². The van der Waals surface area contributed by atoms with E-state index in [0.717, 1.165) is 37.8 Å². The predicted octanol–water partition coefficient (Wildman–Crippen LogP) is 4.15. The molecule has 1 aromatic heterocycles. The van der Waals surface area contributed by atoms with Crippen molar-refractivity contribution in [3.63, 3.8) is 0 Å². The van der Waals surface area contributed by atoms with Crippen molar-refractivity contribution in [2.75, 3.05) is 6.54 Å². The van der Waals surface area contributed by atoms with Gasteiger partial charge in [-0.05, 0) is 43.4 Å². The van der Waals surface area contributed by atoms with Gasteiger partial charge in [0.15, 0.2) is 0 Å². The van der Waals surface area contributed by atoms with E-state index in [0.29, 0.717) is 4.88 Å². The molecule has 0 unspecified atom stereocenters. The third-order valence-electron chi connectivity index (χ3n) is 4.50. The molecule has 1 aromatic carbocycles. The minimum atomic E-state index is -1.22. The van der Waals surface area contributed by atoms with Gasteiger partial charge in [0.1, 0.15) is 11.6 Å². The van der Waals surface area contributed by atoms with E-state index in [1.807, 2.05) is 6.07 Å². The van der Waals surface area contributed by atoms with Gasteiger partial charge in [0.05, 0.1) is 11.0 Å². The number of aliphatic hydroxyl groups is 1. The summed E-state index contributed by atoms with van der Waals surface area (Å²) >= 11 is 1.50. The first-order valence-electron chi connectivity index (χ1n) is 8.57. The van der Waals surface area contributed by atoms with Crippen LogP contribution in [0.4, 0.5) is 8.78 Å². The maximum absolute atomic E-state index is 13.7. The lowest BCUT2D eigenvalue weighted by Gasteiger charge is -2.12. The first-order valence-corrected chi connectivity index (χ1v) is 9.39. The van der Waals surface area contributed by atoms with E-state index in [2.05, 4.69) is 5.32 Å². The van der Waals surface area contributed by atoms with Crippen LogP contribution in [0.2, 0.25) is 0 Å². The SMILES string of the molecule is O=C(NC[C@H](O)c1ccc(F)cc1F)c1cc2c(s1)CCCCCC2. The fraction of sp³-hybridized carbons (Fsp3) is 0.421. The molecule has 0 spiro atoms. The highest BCUT2D eigenvalue weighted by molar-refractivity contribution is 7.14. The van der Waals surface area contributed by atoms with E-state index >= 15 is 0 Å². The van der Waals surface area contributed by atoms with Crippen LogP contribution in [0, 0.1) is 11.6 Å². The quantitative estimate of drug-likeness (QED) is 0.855. The Morgan fingerprint density at radius 2 is 1.92 bits per heavy atom. The third-order valence-corrected chi connectivity index (χ3v) is 5.73. The molecule has 0 saturated heterocycles. The van der Waals surface area contributed by atoms with Crippen LogP contribution in [-0.2, 0) is 12.8 Å². The monoisotopic (exact) mass is 365 g/mol. The predicted molar refractivity (Wildman–Crippen MR) is 93.8 cm³/mol. The number of aryl methyl sites for hydroxylation is 2. The average molecular weight is 365 g/mol. The van der Waals surface area contributed by atoms with Gasteiger partial charge in [-0.2, -0.15) is 0 Å². The van der Waals surface area contributed by atoms with Crippen LogP contribution in [0.15, 0.2) is 24.3 Å². The summed E-state index contributed by atoms with van der Waals surface area (Å²) < 4.78 is 26.6. The first-order chi connectivity index (χ1) is 12.0. The molecular formula is C19H21F2NO2S. The highest BCUT2D eigenvalue weighted by atomic mass is 32.1. The number of thiophene rings is 1. The molecule has 0 fully saturated rings. The van der Waals surface area contributed by atoms with Gasteiger partial charge >= 0.3 is 0 Å². The number of benzene rings is 1. The highest BCUT2D eigenvalue weighted by Crippen LogP contribution is 2.28. The number of aliphatic hydroxyl groups excluding tert-OH is 1. The lowest BCUT2D eigenvalue weighted by Crippen LogP contribution is -2.28. The number of hydrogen-bond donors (Lipinski definition) is 2. The summed E-state index contributed by atoms with van der Waals surface area (Å²) in [7, 11) is 0. The summed E-state index contributed by atoms with van der Waals surface area (Å²) in [5.41, 5.74) is 1.22. The van der Waals surface area contributed by atoms with Crippen molar-refractivity contribution >= 4 is 17.2 Å². The number of nitrogens with one attached hydrogen (secondary N) is 1. The summed E-state index contributed by atoms with van der Waals surface area (Å²) in [4.78, 5) is 14.2. The van der Waals surface area contributed by atoms with E-state index in [1.54, 1.807) is 0 Å². The second-order valence-electron chi connectivity index (χ2n) is 6.36. The van der Waals surface area contributed by atoms with Crippen molar-refractivity contribution in [1.29, 1.82) is 0 Å². The molecule has 3 nitrogen and oxygen atoms in total. The van der Waals surface area contributed by atoms with Crippen LogP contribution in [-0.4, -0.2) is 17.6 Å². The Morgan fingerprint density at radius 1 is 1.16 bits per heavy atom. The Labute approximate surface area is 149 Å². The van der Waals surface area contributed by atoms with E-state index < -0.39 is 17.7 Å². The second-order valence-corrected chi connectivity index (χ2v) is 7.50. The van der Waals surface area contributed by atoms with Gasteiger partial charge < -0.3 is 10.4 Å². The molecule has 6 heteroatoms. The third kappa shape index (κ3) is 4.44. The molecule has 0 saturated carbocycles. The van der Waals surface area contributed by atoms with Gasteiger partial charge in [0, 0.05) is 23.1 Å². The van der Waals surface area contributed by atoms with E-state index in [4.69, 9.17) is 0 Å². The first kappa shape index (κ1) is 18.0. The number of fused-ring (bicyclic) bond motifs is 1. The average Bonchev–Trinajstić information content (AvgIpc) is 2.94. The van der Waals surface area contributed by atoms with Gasteiger partial charge in [-0.15, -0.1) is 11.3 Å². The number of halogens is 2. The zero-order valence-corrected chi connectivity index (χ0v) is 14.7. The minimum Gasteiger partial charge on any atom is -0.386 e. The minimum absolute atomic E-state index is 0.0276. The Bertz CT molecular complexity index is 734. The number of carbonyl (C=O) groups is 1. The number of hydrogen-bond acceptors (Lipinski definition) is 3. The van der Waals surface area contributed by atoms with Gasteiger partial charge in [-0.1, -0.05) is 18.9 Å². The molecule has 0 bridgehead atoms. The number of rotatable bonds is 4. The van der Waals surface area contributed by atoms with Crippen molar-refractivity contribution < 1.29 is 18.7 Å². The van der Waals surface area contributed by atoms with Crippen molar-refractivity contribution in [2.24, 2.45) is 0 Å². The molecule has 2 N–H and O–H groups in total. The van der Waals surface area contributed by atoms with E-state index in [1.165, 1.54) is 40.7 Å². The molecule has 2 aromatic rings. The molecule has 0 radical (unpaired) electrons. The zero-order valence-electron chi connectivity index (χ0n) is 13.9. The molecule has 134 valence electrons. The number of carbonyl (C=O) groups excluding carboxylic acids is 1. The van der Waals surface area contributed by atoms with Crippen LogP contribution in [0.5, 0.6) is 0 Å². The van der Waals surface area contributed by atoms with Gasteiger partial charge in [-0.3, -0.25) is 4.79 Å². The molecule has 1 aliphatic carbocycles. The lowest BCUT2D eigenvalue weighted by atomic mass is 10.00. The molecule has 0 aliphatic heterocycles. The van der Waals surface area contributed by atoms with Gasteiger partial charge in [0.2, 0.25) is 0 Å². The Kier molecular flexibility index (Phi) is 5.81. The fourth-order valence-corrected chi connectivity index (χ4v) is 4.28. The van der Waals surface area contributed by atoms with Crippen LogP contribution in [0.1, 0.15) is 57.5 Å². The summed E-state index contributed by atoms with van der Waals surface area (Å²) in [6.45, 7) is -0.121. The molecule has 3 rings (SSSR count). The summed E-state index contributed by atoms with van der Waals surface area (Å²) in [5.74, 6) is -1.78. The van der Waals surface area contributed by atoms with Crippen LogP contribution >= 0.6 is 11.3 Å². The largest absolute Gasteiger partial charge is 0.386 e. The highest BCUT2D eigenvalue weighted by Gasteiger charge is 2.18. The normalized spacial score (nSPS) is 15.8. The molecule has 1 amide bonds. The maximum Gasteiger partial charge on any atom is 0.261 e. The standard InChI is InChI=1S/C19H21F2NO2S/c20-13-7-8-14(15(21)10-13)16(23)11-22-19(24)18-9-12-5-3-1-2-4-6-17(12)25-18/h7-10,16,23H,1-6,11H2,(H,22,24)/t16-/m0/s1. The molecule has 1 heterocycles. The summed E-state index contributed by atoms with van der Waals surface area (Å²) in [6, 6.07) is 4.94. The van der Waals surface area contributed by atoms with Crippen molar-refractivity contribution in [2.45, 2.75) is 44.6 Å². The lowest BCUT2D eigenvalue weighted by molar-refractivity contribution is 0.0918. The van der Waals surface area contributed by atoms with E-state index in [-0.39, 0.29) is 18.0 Å². The van der Waals surface area contributed by atoms with Gasteiger partial charge in [0.25, 0.3) is 5.91 Å². The van der Waals surface area contributed by atoms with Gasteiger partial charge in [-0.25, -0.2) is 8.78 Å². The molecular weight excluding hydrogens is 344 g/mol. The maximum atomic E-state index is 13.7. The Balaban J connectivity index is 1.63. The van der Waals surface area contributed by atoms with Crippen molar-refractivity contribution in [1.82, 2.24) is 5.32 Å². The smallest absolute Gasteiger partial charge is 0.261 e. The Hall–Kier alpha value is -1.79. The second kappa shape index (κ2) is 8.06. The number of amides is 1. The molecule has 1 aliphatic rings. The van der Waals surface area contributed by atoms with Crippen LogP contribution in [0.3, 0.4) is 0 Å².